The number of hydrogen-bond donors (Lipinski definition) is 3. The highest BCUT2D eigenvalue weighted by Gasteiger charge is 2.33. The summed E-state index contributed by atoms with van der Waals surface area (Å²) in [6.07, 6.45) is 0.902. The molecule has 1 aromatic carbocycles. The largest absolute Gasteiger partial charge is 0.390 e. The fourth-order valence-electron chi connectivity index (χ4n) is 3.11. The number of aryl methyl sites for hydroxylation is 1. The highest BCUT2D eigenvalue weighted by atomic mass is 16.3. The lowest BCUT2D eigenvalue weighted by Crippen LogP contribution is -2.34. The molecule has 1 amide bonds. The van der Waals surface area contributed by atoms with Crippen molar-refractivity contribution in [3.8, 4) is 0 Å². The summed E-state index contributed by atoms with van der Waals surface area (Å²) < 4.78 is 1.71. The molecule has 0 bridgehead atoms. The molecule has 0 saturated carbocycles. The van der Waals surface area contributed by atoms with Gasteiger partial charge in [0.15, 0.2) is 0 Å². The van der Waals surface area contributed by atoms with Gasteiger partial charge in [0.1, 0.15) is 0 Å². The molecule has 0 saturated heterocycles. The number of nitrogens with zero attached hydrogens (tertiary/aromatic N) is 3. The van der Waals surface area contributed by atoms with Crippen molar-refractivity contribution in [2.75, 3.05) is 11.9 Å². The first-order valence-electron chi connectivity index (χ1n) is 7.48. The van der Waals surface area contributed by atoms with Gasteiger partial charge in [0.2, 0.25) is 11.8 Å². The number of fused-ring (bicyclic) bond motifs is 2. The molecule has 1 aliphatic carbocycles. The predicted octanol–water partition coefficient (Wildman–Crippen LogP) is 0.482. The number of rotatable bonds is 2. The molecule has 2 aliphatic rings. The highest BCUT2D eigenvalue weighted by molar-refractivity contribution is 5.91. The summed E-state index contributed by atoms with van der Waals surface area (Å²) in [7, 11) is 0. The molecular weight excluding hydrogens is 282 g/mol. The van der Waals surface area contributed by atoms with Crippen molar-refractivity contribution < 1.29 is 9.90 Å². The normalized spacial score (nSPS) is 22.6. The standard InChI is InChI=1S/C15H17N5O2/c21-11-8-9-4-1-2-5-10(9)12(11)17-14(22)13-18-15-16-6-3-7-20(15)19-13/h1-2,4-5,11-12,21H,3,6-8H2,(H,17,22)(H,16,18,19)/t11-,12-/m0/s1. The minimum absolute atomic E-state index is 0.140. The number of aliphatic hydroxyl groups excluding tert-OH is 1. The maximum Gasteiger partial charge on any atom is 0.291 e. The highest BCUT2D eigenvalue weighted by Crippen LogP contribution is 2.31. The maximum atomic E-state index is 12.4. The van der Waals surface area contributed by atoms with E-state index in [4.69, 9.17) is 0 Å². The summed E-state index contributed by atoms with van der Waals surface area (Å²) in [5.74, 6) is 0.411. The second kappa shape index (κ2) is 5.10. The molecule has 0 radical (unpaired) electrons. The first-order chi connectivity index (χ1) is 10.7. The summed E-state index contributed by atoms with van der Waals surface area (Å²) in [4.78, 5) is 16.6. The summed E-state index contributed by atoms with van der Waals surface area (Å²) in [5, 5.41) is 20.4. The summed E-state index contributed by atoms with van der Waals surface area (Å²) in [5.41, 5.74) is 2.03. The molecule has 1 aromatic heterocycles. The summed E-state index contributed by atoms with van der Waals surface area (Å²) in [6, 6.07) is 7.35. The lowest BCUT2D eigenvalue weighted by Gasteiger charge is -2.16. The first kappa shape index (κ1) is 13.3. The zero-order valence-electron chi connectivity index (χ0n) is 12.0. The SMILES string of the molecule is O=C(N[C@H]1c2ccccc2C[C@@H]1O)c1nc2n(n1)CCCN2. The Morgan fingerprint density at radius 1 is 1.41 bits per heavy atom. The van der Waals surface area contributed by atoms with Crippen LogP contribution in [0.4, 0.5) is 5.95 Å². The van der Waals surface area contributed by atoms with Gasteiger partial charge in [0.25, 0.3) is 5.91 Å². The van der Waals surface area contributed by atoms with Crippen LogP contribution in [0.5, 0.6) is 0 Å². The van der Waals surface area contributed by atoms with E-state index in [2.05, 4.69) is 20.7 Å². The Morgan fingerprint density at radius 3 is 3.14 bits per heavy atom. The first-order valence-corrected chi connectivity index (χ1v) is 7.48. The van der Waals surface area contributed by atoms with E-state index in [1.807, 2.05) is 24.3 Å². The number of carbonyl (C=O) groups is 1. The van der Waals surface area contributed by atoms with Crippen LogP contribution >= 0.6 is 0 Å². The topological polar surface area (TPSA) is 92.1 Å². The number of anilines is 1. The van der Waals surface area contributed by atoms with Gasteiger partial charge >= 0.3 is 0 Å². The Labute approximate surface area is 127 Å². The molecule has 7 nitrogen and oxygen atoms in total. The second-order valence-corrected chi connectivity index (χ2v) is 5.68. The average Bonchev–Trinajstić information content (AvgIpc) is 3.09. The molecule has 3 N–H and O–H groups in total. The molecular formula is C15H17N5O2. The van der Waals surface area contributed by atoms with Crippen LogP contribution in [0.15, 0.2) is 24.3 Å². The molecule has 2 heterocycles. The van der Waals surface area contributed by atoms with Crippen molar-refractivity contribution >= 4 is 11.9 Å². The quantitative estimate of drug-likeness (QED) is 0.750. The molecule has 1 aliphatic heterocycles. The molecule has 0 unspecified atom stereocenters. The monoisotopic (exact) mass is 299 g/mol. The second-order valence-electron chi connectivity index (χ2n) is 5.68. The van der Waals surface area contributed by atoms with Crippen LogP contribution in [0.3, 0.4) is 0 Å². The van der Waals surface area contributed by atoms with Crippen LogP contribution in [0.2, 0.25) is 0 Å². The lowest BCUT2D eigenvalue weighted by molar-refractivity contribution is 0.0848. The smallest absolute Gasteiger partial charge is 0.291 e. The van der Waals surface area contributed by atoms with Crippen molar-refractivity contribution in [3.63, 3.8) is 0 Å². The molecule has 0 fully saturated rings. The molecule has 22 heavy (non-hydrogen) atoms. The van der Waals surface area contributed by atoms with Crippen LogP contribution in [0, 0.1) is 0 Å². The zero-order valence-corrected chi connectivity index (χ0v) is 12.0. The Kier molecular flexibility index (Phi) is 3.07. The zero-order chi connectivity index (χ0) is 15.1. The van der Waals surface area contributed by atoms with Gasteiger partial charge in [-0.3, -0.25) is 4.79 Å². The van der Waals surface area contributed by atoms with E-state index in [-0.39, 0.29) is 11.7 Å². The molecule has 7 heteroatoms. The van der Waals surface area contributed by atoms with E-state index in [0.29, 0.717) is 12.4 Å². The average molecular weight is 299 g/mol. The summed E-state index contributed by atoms with van der Waals surface area (Å²) >= 11 is 0. The Morgan fingerprint density at radius 2 is 2.27 bits per heavy atom. The van der Waals surface area contributed by atoms with Crippen LogP contribution in [0.25, 0.3) is 0 Å². The van der Waals surface area contributed by atoms with Gasteiger partial charge in [-0.25, -0.2) is 4.68 Å². The number of nitrogens with one attached hydrogen (secondary N) is 2. The van der Waals surface area contributed by atoms with Crippen LogP contribution in [-0.4, -0.2) is 38.4 Å². The van der Waals surface area contributed by atoms with Gasteiger partial charge in [-0.05, 0) is 17.5 Å². The van der Waals surface area contributed by atoms with Crippen LogP contribution < -0.4 is 10.6 Å². The van der Waals surface area contributed by atoms with E-state index >= 15 is 0 Å². The van der Waals surface area contributed by atoms with E-state index in [1.54, 1.807) is 4.68 Å². The molecule has 2 aromatic rings. The van der Waals surface area contributed by atoms with Gasteiger partial charge < -0.3 is 15.7 Å². The van der Waals surface area contributed by atoms with Crippen molar-refractivity contribution in [2.24, 2.45) is 0 Å². The molecule has 2 atom stereocenters. The third-order valence-corrected chi connectivity index (χ3v) is 4.20. The third-order valence-electron chi connectivity index (χ3n) is 4.20. The van der Waals surface area contributed by atoms with Gasteiger partial charge in [-0.1, -0.05) is 24.3 Å². The van der Waals surface area contributed by atoms with Crippen molar-refractivity contribution in [3.05, 3.63) is 41.2 Å². The lowest BCUT2D eigenvalue weighted by atomic mass is 10.1. The van der Waals surface area contributed by atoms with Gasteiger partial charge in [0, 0.05) is 19.5 Å². The predicted molar refractivity (Wildman–Crippen MR) is 79.5 cm³/mol. The molecule has 0 spiro atoms. The van der Waals surface area contributed by atoms with E-state index < -0.39 is 12.1 Å². The fourth-order valence-corrected chi connectivity index (χ4v) is 3.11. The maximum absolute atomic E-state index is 12.4. The van der Waals surface area contributed by atoms with E-state index in [1.165, 1.54) is 0 Å². The third kappa shape index (κ3) is 2.14. The Bertz CT molecular complexity index is 703. The van der Waals surface area contributed by atoms with Crippen LogP contribution in [0.1, 0.15) is 34.2 Å². The number of benzene rings is 1. The van der Waals surface area contributed by atoms with Crippen molar-refractivity contribution in [1.29, 1.82) is 0 Å². The van der Waals surface area contributed by atoms with Gasteiger partial charge in [-0.2, -0.15) is 4.98 Å². The fraction of sp³-hybridized carbons (Fsp3) is 0.400. The van der Waals surface area contributed by atoms with Gasteiger partial charge in [0.05, 0.1) is 12.1 Å². The van der Waals surface area contributed by atoms with E-state index in [0.717, 1.165) is 30.6 Å². The minimum atomic E-state index is -0.614. The number of amides is 1. The number of hydrogen-bond acceptors (Lipinski definition) is 5. The summed E-state index contributed by atoms with van der Waals surface area (Å²) in [6.45, 7) is 1.60. The number of aliphatic hydroxyl groups is 1. The number of aromatic nitrogens is 3. The van der Waals surface area contributed by atoms with Crippen molar-refractivity contribution in [1.82, 2.24) is 20.1 Å². The van der Waals surface area contributed by atoms with Gasteiger partial charge in [-0.15, -0.1) is 5.10 Å². The van der Waals surface area contributed by atoms with Crippen LogP contribution in [-0.2, 0) is 13.0 Å². The van der Waals surface area contributed by atoms with E-state index in [9.17, 15) is 9.90 Å². The Hall–Kier alpha value is -2.41. The Balaban J connectivity index is 1.56. The van der Waals surface area contributed by atoms with Crippen molar-refractivity contribution in [2.45, 2.75) is 31.5 Å². The number of carbonyl (C=O) groups excluding carboxylic acids is 1. The minimum Gasteiger partial charge on any atom is -0.390 e. The molecule has 4 rings (SSSR count). The molecule has 114 valence electrons.